The number of benzene rings is 1. The zero-order chi connectivity index (χ0) is 17.1. The van der Waals surface area contributed by atoms with Gasteiger partial charge >= 0.3 is 12.0 Å². The summed E-state index contributed by atoms with van der Waals surface area (Å²) in [5.41, 5.74) is 1.39. The van der Waals surface area contributed by atoms with Gasteiger partial charge in [-0.15, -0.1) is 0 Å². The molecule has 1 aliphatic heterocycles. The van der Waals surface area contributed by atoms with Gasteiger partial charge < -0.3 is 15.0 Å². The van der Waals surface area contributed by atoms with Crippen molar-refractivity contribution >= 4 is 29.3 Å². The number of aromatic nitrogens is 2. The first-order chi connectivity index (χ1) is 11.6. The van der Waals surface area contributed by atoms with Gasteiger partial charge in [-0.05, 0) is 25.1 Å². The average molecular weight is 329 g/mol. The Balaban J connectivity index is 1.84. The van der Waals surface area contributed by atoms with Gasteiger partial charge in [0.1, 0.15) is 5.82 Å². The predicted molar refractivity (Wildman–Crippen MR) is 89.7 cm³/mol. The van der Waals surface area contributed by atoms with Crippen molar-refractivity contribution in [1.29, 1.82) is 0 Å². The molecule has 3 rings (SSSR count). The number of urea groups is 1. The molecule has 8 nitrogen and oxygen atoms in total. The first kappa shape index (κ1) is 15.9. The number of anilines is 3. The first-order valence-electron chi connectivity index (χ1n) is 7.73. The quantitative estimate of drug-likeness (QED) is 0.837. The Labute approximate surface area is 139 Å². The maximum Gasteiger partial charge on any atom is 0.338 e. The molecule has 8 heteroatoms. The molecule has 2 N–H and O–H groups in total. The molecule has 24 heavy (non-hydrogen) atoms. The van der Waals surface area contributed by atoms with E-state index in [0.29, 0.717) is 24.5 Å². The Kier molecular flexibility index (Phi) is 4.37. The number of nitrogens with one attached hydrogen (secondary N) is 2. The van der Waals surface area contributed by atoms with E-state index in [1.807, 2.05) is 21.7 Å². The summed E-state index contributed by atoms with van der Waals surface area (Å²) in [5, 5.41) is 9.50. The predicted octanol–water partition coefficient (Wildman–Crippen LogP) is 1.96. The maximum atomic E-state index is 11.9. The van der Waals surface area contributed by atoms with Crippen LogP contribution in [0.5, 0.6) is 0 Å². The van der Waals surface area contributed by atoms with E-state index in [2.05, 4.69) is 15.7 Å². The SMILES string of the molecule is CCOC(=O)c1cccc(N2CCn3nc(NC(=O)NC)cc32)c1. The lowest BCUT2D eigenvalue weighted by molar-refractivity contribution is 0.0526. The molecule has 1 aromatic carbocycles. The number of nitrogens with zero attached hydrogens (tertiary/aromatic N) is 3. The zero-order valence-corrected chi connectivity index (χ0v) is 13.6. The number of hydrogen-bond donors (Lipinski definition) is 2. The number of carbonyl (C=O) groups excluding carboxylic acids is 2. The van der Waals surface area contributed by atoms with Crippen molar-refractivity contribution in [2.45, 2.75) is 13.5 Å². The van der Waals surface area contributed by atoms with Gasteiger partial charge in [0, 0.05) is 25.3 Å². The molecule has 2 amide bonds. The molecule has 2 aromatic rings. The van der Waals surface area contributed by atoms with Crippen LogP contribution < -0.4 is 15.5 Å². The van der Waals surface area contributed by atoms with Crippen LogP contribution in [0.1, 0.15) is 17.3 Å². The zero-order valence-electron chi connectivity index (χ0n) is 13.6. The molecule has 0 bridgehead atoms. The second-order valence-corrected chi connectivity index (χ2v) is 5.24. The highest BCUT2D eigenvalue weighted by Crippen LogP contribution is 2.32. The van der Waals surface area contributed by atoms with E-state index in [1.54, 1.807) is 32.2 Å². The summed E-state index contributed by atoms with van der Waals surface area (Å²) in [5.74, 6) is 1.01. The third-order valence-electron chi connectivity index (χ3n) is 3.71. The molecule has 0 spiro atoms. The molecule has 1 aromatic heterocycles. The molecule has 0 atom stereocenters. The lowest BCUT2D eigenvalue weighted by Gasteiger charge is -2.17. The maximum absolute atomic E-state index is 11.9. The van der Waals surface area contributed by atoms with Crippen molar-refractivity contribution in [3.63, 3.8) is 0 Å². The highest BCUT2D eigenvalue weighted by Gasteiger charge is 2.24. The molecule has 0 aliphatic carbocycles. The number of amides is 2. The molecule has 126 valence electrons. The van der Waals surface area contributed by atoms with E-state index in [0.717, 1.165) is 18.1 Å². The monoisotopic (exact) mass is 329 g/mol. The molecule has 0 saturated carbocycles. The van der Waals surface area contributed by atoms with Gasteiger partial charge in [-0.25, -0.2) is 14.3 Å². The summed E-state index contributed by atoms with van der Waals surface area (Å²) in [6, 6.07) is 8.77. The third-order valence-corrected chi connectivity index (χ3v) is 3.71. The van der Waals surface area contributed by atoms with E-state index in [-0.39, 0.29) is 12.0 Å². The lowest BCUT2D eigenvalue weighted by atomic mass is 10.2. The Morgan fingerprint density at radius 2 is 2.12 bits per heavy atom. The number of esters is 1. The van der Waals surface area contributed by atoms with Gasteiger partial charge in [0.25, 0.3) is 0 Å². The van der Waals surface area contributed by atoms with Crippen LogP contribution in [0.4, 0.5) is 22.1 Å². The molecular weight excluding hydrogens is 310 g/mol. The Morgan fingerprint density at radius 1 is 1.29 bits per heavy atom. The number of carbonyl (C=O) groups is 2. The highest BCUT2D eigenvalue weighted by molar-refractivity contribution is 5.91. The Morgan fingerprint density at radius 3 is 2.88 bits per heavy atom. The van der Waals surface area contributed by atoms with Gasteiger partial charge in [0.2, 0.25) is 0 Å². The number of fused-ring (bicyclic) bond motifs is 1. The highest BCUT2D eigenvalue weighted by atomic mass is 16.5. The summed E-state index contributed by atoms with van der Waals surface area (Å²) < 4.78 is 6.87. The minimum atomic E-state index is -0.339. The van der Waals surface area contributed by atoms with Crippen LogP contribution in [-0.2, 0) is 11.3 Å². The van der Waals surface area contributed by atoms with Crippen LogP contribution in [0.3, 0.4) is 0 Å². The van der Waals surface area contributed by atoms with Crippen molar-refractivity contribution in [3.8, 4) is 0 Å². The van der Waals surface area contributed by atoms with Crippen LogP contribution in [0.2, 0.25) is 0 Å². The summed E-state index contributed by atoms with van der Waals surface area (Å²) in [6.07, 6.45) is 0. The lowest BCUT2D eigenvalue weighted by Crippen LogP contribution is -2.24. The van der Waals surface area contributed by atoms with E-state index in [1.165, 1.54) is 0 Å². The van der Waals surface area contributed by atoms with Gasteiger partial charge in [0.15, 0.2) is 5.82 Å². The van der Waals surface area contributed by atoms with Gasteiger partial charge in [-0.3, -0.25) is 5.32 Å². The van der Waals surface area contributed by atoms with Crippen LogP contribution in [0.25, 0.3) is 0 Å². The topological polar surface area (TPSA) is 88.5 Å². The third kappa shape index (κ3) is 3.03. The minimum Gasteiger partial charge on any atom is -0.462 e. The number of ether oxygens (including phenoxy) is 1. The van der Waals surface area contributed by atoms with E-state index < -0.39 is 0 Å². The van der Waals surface area contributed by atoms with E-state index in [4.69, 9.17) is 4.74 Å². The fourth-order valence-corrected chi connectivity index (χ4v) is 2.61. The first-order valence-corrected chi connectivity index (χ1v) is 7.73. The van der Waals surface area contributed by atoms with Crippen molar-refractivity contribution < 1.29 is 14.3 Å². The van der Waals surface area contributed by atoms with E-state index in [9.17, 15) is 9.59 Å². The second kappa shape index (κ2) is 6.61. The molecular formula is C16H19N5O3. The smallest absolute Gasteiger partial charge is 0.338 e. The van der Waals surface area contributed by atoms with Crippen molar-refractivity contribution in [3.05, 3.63) is 35.9 Å². The van der Waals surface area contributed by atoms with Crippen LogP contribution in [0, 0.1) is 0 Å². The second-order valence-electron chi connectivity index (χ2n) is 5.24. The fourth-order valence-electron chi connectivity index (χ4n) is 2.61. The van der Waals surface area contributed by atoms with Gasteiger partial charge in [-0.1, -0.05) is 6.07 Å². The average Bonchev–Trinajstić information content (AvgIpc) is 3.15. The molecule has 0 unspecified atom stereocenters. The van der Waals surface area contributed by atoms with E-state index >= 15 is 0 Å². The summed E-state index contributed by atoms with van der Waals surface area (Å²) in [6.45, 7) is 3.57. The minimum absolute atomic E-state index is 0.317. The van der Waals surface area contributed by atoms with Crippen LogP contribution in [0.15, 0.2) is 30.3 Å². The largest absolute Gasteiger partial charge is 0.462 e. The van der Waals surface area contributed by atoms with Crippen LogP contribution in [-0.4, -0.2) is 42.0 Å². The number of hydrogen-bond acceptors (Lipinski definition) is 5. The molecule has 2 heterocycles. The van der Waals surface area contributed by atoms with Crippen LogP contribution >= 0.6 is 0 Å². The molecule has 0 fully saturated rings. The summed E-state index contributed by atoms with van der Waals surface area (Å²) in [7, 11) is 1.55. The van der Waals surface area contributed by atoms with Gasteiger partial charge in [-0.2, -0.15) is 5.10 Å². The molecule has 1 aliphatic rings. The summed E-state index contributed by atoms with van der Waals surface area (Å²) in [4.78, 5) is 25.4. The Hall–Kier alpha value is -3.03. The van der Waals surface area contributed by atoms with Crippen molar-refractivity contribution in [1.82, 2.24) is 15.1 Å². The number of rotatable bonds is 4. The fraction of sp³-hybridized carbons (Fsp3) is 0.312. The van der Waals surface area contributed by atoms with Crippen molar-refractivity contribution in [2.75, 3.05) is 30.4 Å². The Bertz CT molecular complexity index is 771. The standard InChI is InChI=1S/C16H19N5O3/c1-3-24-15(22)11-5-4-6-12(9-11)20-7-8-21-14(20)10-13(19-21)18-16(23)17-2/h4-6,9-10H,3,7-8H2,1-2H3,(H2,17,18,19,23). The normalized spacial score (nSPS) is 12.7. The molecule has 0 saturated heterocycles. The van der Waals surface area contributed by atoms with Gasteiger partial charge in [0.05, 0.1) is 18.7 Å². The summed E-state index contributed by atoms with van der Waals surface area (Å²) >= 11 is 0. The van der Waals surface area contributed by atoms with Crippen molar-refractivity contribution in [2.24, 2.45) is 0 Å². The molecule has 0 radical (unpaired) electrons.